The van der Waals surface area contributed by atoms with Gasteiger partial charge >= 0.3 is 0 Å². The van der Waals surface area contributed by atoms with E-state index in [0.29, 0.717) is 0 Å². The molecule has 0 unspecified atom stereocenters. The summed E-state index contributed by atoms with van der Waals surface area (Å²) in [5, 5.41) is 12.1. The standard InChI is InChI=1S/C17H19F2NO3/c1-2-7-23-15-13(18)8-12(9-14(15)19)16(22)20-10-17(11-21)5-3-4-6-17/h1,8-9,21H,3-7,10-11H2,(H,20,22). The molecule has 1 aliphatic rings. The minimum absolute atomic E-state index is 0.0190. The summed E-state index contributed by atoms with van der Waals surface area (Å²) in [6, 6.07) is 1.81. The van der Waals surface area contributed by atoms with Gasteiger partial charge in [-0.15, -0.1) is 6.42 Å². The summed E-state index contributed by atoms with van der Waals surface area (Å²) in [6.45, 7) is -0.00577. The molecule has 1 aromatic rings. The van der Waals surface area contributed by atoms with Gasteiger partial charge < -0.3 is 15.2 Å². The molecule has 0 saturated heterocycles. The molecule has 6 heteroatoms. The van der Waals surface area contributed by atoms with E-state index in [0.717, 1.165) is 37.8 Å². The second-order valence-electron chi connectivity index (χ2n) is 5.81. The number of nitrogens with one attached hydrogen (secondary N) is 1. The molecule has 1 amide bonds. The van der Waals surface area contributed by atoms with Gasteiger partial charge in [0.15, 0.2) is 17.4 Å². The maximum absolute atomic E-state index is 13.8. The average Bonchev–Trinajstić information content (AvgIpc) is 3.01. The lowest BCUT2D eigenvalue weighted by Crippen LogP contribution is -2.38. The van der Waals surface area contributed by atoms with Gasteiger partial charge in [-0.25, -0.2) is 8.78 Å². The molecule has 1 aromatic carbocycles. The van der Waals surface area contributed by atoms with Crippen molar-refractivity contribution in [2.24, 2.45) is 5.41 Å². The van der Waals surface area contributed by atoms with E-state index in [1.54, 1.807) is 0 Å². The van der Waals surface area contributed by atoms with Crippen molar-refractivity contribution in [2.45, 2.75) is 25.7 Å². The van der Waals surface area contributed by atoms with Crippen LogP contribution in [0.4, 0.5) is 8.78 Å². The molecule has 4 nitrogen and oxygen atoms in total. The largest absolute Gasteiger partial charge is 0.475 e. The lowest BCUT2D eigenvalue weighted by Gasteiger charge is -2.26. The van der Waals surface area contributed by atoms with Crippen molar-refractivity contribution in [2.75, 3.05) is 19.8 Å². The molecule has 1 fully saturated rings. The maximum atomic E-state index is 13.8. The van der Waals surface area contributed by atoms with Crippen LogP contribution in [-0.2, 0) is 0 Å². The molecule has 1 aliphatic carbocycles. The normalized spacial score (nSPS) is 15.9. The number of halogens is 2. The van der Waals surface area contributed by atoms with Gasteiger partial charge in [0.2, 0.25) is 0 Å². The van der Waals surface area contributed by atoms with E-state index in [4.69, 9.17) is 11.2 Å². The first-order valence-corrected chi connectivity index (χ1v) is 7.46. The molecular weight excluding hydrogens is 304 g/mol. The topological polar surface area (TPSA) is 58.6 Å². The van der Waals surface area contributed by atoms with Crippen LogP contribution in [0.1, 0.15) is 36.0 Å². The smallest absolute Gasteiger partial charge is 0.251 e. The van der Waals surface area contributed by atoms with E-state index >= 15 is 0 Å². The first kappa shape index (κ1) is 17.2. The van der Waals surface area contributed by atoms with E-state index in [-0.39, 0.29) is 30.7 Å². The lowest BCUT2D eigenvalue weighted by atomic mass is 9.87. The van der Waals surface area contributed by atoms with E-state index in [2.05, 4.69) is 11.2 Å². The van der Waals surface area contributed by atoms with Gasteiger partial charge in [-0.3, -0.25) is 4.79 Å². The van der Waals surface area contributed by atoms with Crippen LogP contribution >= 0.6 is 0 Å². The van der Waals surface area contributed by atoms with Crippen LogP contribution in [0.2, 0.25) is 0 Å². The Balaban J connectivity index is 2.06. The first-order valence-electron chi connectivity index (χ1n) is 7.46. The van der Waals surface area contributed by atoms with Crippen molar-refractivity contribution in [1.29, 1.82) is 0 Å². The number of aliphatic hydroxyl groups is 1. The fourth-order valence-corrected chi connectivity index (χ4v) is 2.83. The lowest BCUT2D eigenvalue weighted by molar-refractivity contribution is 0.0879. The molecule has 2 N–H and O–H groups in total. The summed E-state index contributed by atoms with van der Waals surface area (Å²) in [5.74, 6) is -1.04. The quantitative estimate of drug-likeness (QED) is 0.790. The number of terminal acetylenes is 1. The third kappa shape index (κ3) is 3.99. The fraction of sp³-hybridized carbons (Fsp3) is 0.471. The van der Waals surface area contributed by atoms with Gasteiger partial charge in [0, 0.05) is 17.5 Å². The molecule has 0 heterocycles. The number of aliphatic hydroxyl groups excluding tert-OH is 1. The zero-order valence-electron chi connectivity index (χ0n) is 12.7. The van der Waals surface area contributed by atoms with Crippen molar-refractivity contribution in [3.8, 4) is 18.1 Å². The van der Waals surface area contributed by atoms with Gasteiger partial charge in [-0.2, -0.15) is 0 Å². The third-order valence-electron chi connectivity index (χ3n) is 4.18. The zero-order chi connectivity index (χ0) is 16.9. The minimum Gasteiger partial charge on any atom is -0.475 e. The van der Waals surface area contributed by atoms with E-state index in [1.807, 2.05) is 0 Å². The van der Waals surface area contributed by atoms with Crippen LogP contribution in [-0.4, -0.2) is 30.8 Å². The second-order valence-corrected chi connectivity index (χ2v) is 5.81. The Morgan fingerprint density at radius 2 is 1.96 bits per heavy atom. The van der Waals surface area contributed by atoms with Crippen LogP contribution in [0.25, 0.3) is 0 Å². The molecular formula is C17H19F2NO3. The van der Waals surface area contributed by atoms with Crippen molar-refractivity contribution >= 4 is 5.91 Å². The summed E-state index contributed by atoms with van der Waals surface area (Å²) < 4.78 is 32.4. The molecule has 2 rings (SSSR count). The summed E-state index contributed by atoms with van der Waals surface area (Å²) in [4.78, 5) is 12.1. The number of ether oxygens (including phenoxy) is 1. The second kappa shape index (κ2) is 7.42. The monoisotopic (exact) mass is 323 g/mol. The van der Waals surface area contributed by atoms with Gasteiger partial charge in [0.05, 0.1) is 6.61 Å². The summed E-state index contributed by atoms with van der Waals surface area (Å²) in [5.41, 5.74) is -0.470. The molecule has 0 bridgehead atoms. The maximum Gasteiger partial charge on any atom is 0.251 e. The average molecular weight is 323 g/mol. The summed E-state index contributed by atoms with van der Waals surface area (Å²) in [7, 11) is 0. The Hall–Kier alpha value is -2.13. The van der Waals surface area contributed by atoms with Crippen molar-refractivity contribution in [1.82, 2.24) is 5.32 Å². The highest BCUT2D eigenvalue weighted by molar-refractivity contribution is 5.94. The number of carbonyl (C=O) groups excluding carboxylic acids is 1. The van der Waals surface area contributed by atoms with Crippen LogP contribution < -0.4 is 10.1 Å². The Labute approximate surface area is 133 Å². The zero-order valence-corrected chi connectivity index (χ0v) is 12.7. The van der Waals surface area contributed by atoms with Gasteiger partial charge in [0.1, 0.15) is 6.61 Å². The minimum atomic E-state index is -0.983. The van der Waals surface area contributed by atoms with Gasteiger partial charge in [0.25, 0.3) is 5.91 Å². The number of carbonyl (C=O) groups is 1. The highest BCUT2D eigenvalue weighted by Gasteiger charge is 2.33. The molecule has 23 heavy (non-hydrogen) atoms. The fourth-order valence-electron chi connectivity index (χ4n) is 2.83. The number of rotatable bonds is 6. The predicted molar refractivity (Wildman–Crippen MR) is 81.0 cm³/mol. The Morgan fingerprint density at radius 1 is 1.35 bits per heavy atom. The molecule has 124 valence electrons. The van der Waals surface area contributed by atoms with Crippen molar-refractivity contribution in [3.05, 3.63) is 29.3 Å². The Bertz CT molecular complexity index is 596. The number of amides is 1. The molecule has 1 saturated carbocycles. The van der Waals surface area contributed by atoms with Crippen LogP contribution in [0.3, 0.4) is 0 Å². The number of hydrogen-bond acceptors (Lipinski definition) is 3. The van der Waals surface area contributed by atoms with Crippen LogP contribution in [0.15, 0.2) is 12.1 Å². The first-order chi connectivity index (χ1) is 11.0. The van der Waals surface area contributed by atoms with Crippen molar-refractivity contribution in [3.63, 3.8) is 0 Å². The molecule has 0 atom stereocenters. The number of benzene rings is 1. The summed E-state index contributed by atoms with van der Waals surface area (Å²) in [6.07, 6.45) is 8.63. The van der Waals surface area contributed by atoms with E-state index < -0.39 is 23.3 Å². The molecule has 0 radical (unpaired) electrons. The van der Waals surface area contributed by atoms with Crippen molar-refractivity contribution < 1.29 is 23.4 Å². The number of hydrogen-bond donors (Lipinski definition) is 2. The molecule has 0 aromatic heterocycles. The van der Waals surface area contributed by atoms with Gasteiger partial charge in [-0.1, -0.05) is 18.8 Å². The summed E-state index contributed by atoms with van der Waals surface area (Å²) >= 11 is 0. The highest BCUT2D eigenvalue weighted by Crippen LogP contribution is 2.37. The SMILES string of the molecule is C#CCOc1c(F)cc(C(=O)NCC2(CO)CCCC2)cc1F. The van der Waals surface area contributed by atoms with E-state index in [1.165, 1.54) is 0 Å². The van der Waals surface area contributed by atoms with Crippen LogP contribution in [0, 0.1) is 29.4 Å². The van der Waals surface area contributed by atoms with Crippen LogP contribution in [0.5, 0.6) is 5.75 Å². The van der Waals surface area contributed by atoms with Gasteiger partial charge in [-0.05, 0) is 25.0 Å². The Morgan fingerprint density at radius 3 is 2.48 bits per heavy atom. The molecule has 0 aliphatic heterocycles. The molecule has 0 spiro atoms. The third-order valence-corrected chi connectivity index (χ3v) is 4.18. The Kier molecular flexibility index (Phi) is 5.56. The predicted octanol–water partition coefficient (Wildman–Crippen LogP) is 2.26. The van der Waals surface area contributed by atoms with E-state index in [9.17, 15) is 18.7 Å². The highest BCUT2D eigenvalue weighted by atomic mass is 19.1.